The van der Waals surface area contributed by atoms with Gasteiger partial charge in [-0.2, -0.15) is 0 Å². The first-order valence-electron chi connectivity index (χ1n) is 5.95. The Labute approximate surface area is 102 Å². The van der Waals surface area contributed by atoms with Gasteiger partial charge in [0.2, 0.25) is 0 Å². The van der Waals surface area contributed by atoms with E-state index in [0.717, 1.165) is 11.6 Å². The number of hydrogen-bond donors (Lipinski definition) is 2. The Hall–Kier alpha value is -0.670. The zero-order valence-corrected chi connectivity index (χ0v) is 10.6. The normalized spacial score (nSPS) is 20.9. The van der Waals surface area contributed by atoms with Crippen molar-refractivity contribution < 1.29 is 0 Å². The molecular formula is C13H20N2S. The second-order valence-corrected chi connectivity index (χ2v) is 5.61. The van der Waals surface area contributed by atoms with E-state index in [1.165, 1.54) is 42.1 Å². The van der Waals surface area contributed by atoms with E-state index in [0.29, 0.717) is 0 Å². The van der Waals surface area contributed by atoms with Gasteiger partial charge in [-0.3, -0.25) is 0 Å². The molecule has 0 bridgehead atoms. The van der Waals surface area contributed by atoms with E-state index in [9.17, 15) is 0 Å². The quantitative estimate of drug-likeness (QED) is 0.626. The molecule has 0 spiro atoms. The van der Waals surface area contributed by atoms with Gasteiger partial charge in [0.15, 0.2) is 0 Å². The van der Waals surface area contributed by atoms with Gasteiger partial charge >= 0.3 is 0 Å². The first-order chi connectivity index (χ1) is 7.75. The van der Waals surface area contributed by atoms with E-state index in [4.69, 9.17) is 5.73 Å². The molecule has 0 aliphatic carbocycles. The molecular weight excluding hydrogens is 216 g/mol. The number of nitrogens with one attached hydrogen (secondary N) is 1. The van der Waals surface area contributed by atoms with Crippen LogP contribution >= 0.6 is 11.8 Å². The molecule has 1 aromatic rings. The monoisotopic (exact) mass is 236 g/mol. The summed E-state index contributed by atoms with van der Waals surface area (Å²) in [5.41, 5.74) is 7.91. The number of nitrogens with two attached hydrogens (primary N) is 1. The molecule has 0 amide bonds. The van der Waals surface area contributed by atoms with Crippen molar-refractivity contribution in [1.29, 1.82) is 0 Å². The maximum atomic E-state index is 5.75. The molecule has 2 nitrogen and oxygen atoms in total. The Morgan fingerprint density at radius 3 is 3.06 bits per heavy atom. The smallest absolute Gasteiger partial charge is 0.0317 e. The fraction of sp³-hybridized carbons (Fsp3) is 0.538. The molecule has 0 radical (unpaired) electrons. The van der Waals surface area contributed by atoms with Crippen molar-refractivity contribution in [3.63, 3.8) is 0 Å². The molecule has 1 aliphatic heterocycles. The fourth-order valence-corrected chi connectivity index (χ4v) is 3.26. The lowest BCUT2D eigenvalue weighted by molar-refractivity contribution is 0.410. The zero-order chi connectivity index (χ0) is 11.4. The molecule has 2 rings (SSSR count). The van der Waals surface area contributed by atoms with Gasteiger partial charge in [0.25, 0.3) is 0 Å². The fourth-order valence-electron chi connectivity index (χ4n) is 2.11. The maximum absolute atomic E-state index is 5.75. The average molecular weight is 236 g/mol. The first kappa shape index (κ1) is 11.8. The summed E-state index contributed by atoms with van der Waals surface area (Å²) in [6.45, 7) is 4.51. The summed E-state index contributed by atoms with van der Waals surface area (Å²) >= 11 is 1.97. The lowest BCUT2D eigenvalue weighted by Gasteiger charge is -2.22. The van der Waals surface area contributed by atoms with E-state index in [1.54, 1.807) is 0 Å². The molecule has 1 fully saturated rings. The third-order valence-electron chi connectivity index (χ3n) is 3.07. The summed E-state index contributed by atoms with van der Waals surface area (Å²) in [6.07, 6.45) is 2.69. The van der Waals surface area contributed by atoms with Crippen LogP contribution in [-0.4, -0.2) is 18.8 Å². The number of anilines is 1. The van der Waals surface area contributed by atoms with Gasteiger partial charge < -0.3 is 11.1 Å². The highest BCUT2D eigenvalue weighted by Crippen LogP contribution is 2.27. The summed E-state index contributed by atoms with van der Waals surface area (Å²) in [6, 6.07) is 6.20. The van der Waals surface area contributed by atoms with Crippen LogP contribution in [0.5, 0.6) is 0 Å². The van der Waals surface area contributed by atoms with Gasteiger partial charge in [-0.1, -0.05) is 0 Å². The lowest BCUT2D eigenvalue weighted by atomic mass is 10.0. The molecule has 88 valence electrons. The summed E-state index contributed by atoms with van der Waals surface area (Å²) in [5, 5.41) is 3.46. The number of aryl methyl sites for hydroxylation is 1. The third kappa shape index (κ3) is 3.16. The minimum atomic E-state index is 0.829. The Balaban J connectivity index is 1.88. The summed E-state index contributed by atoms with van der Waals surface area (Å²) in [5.74, 6) is 2.05. The van der Waals surface area contributed by atoms with E-state index in [-0.39, 0.29) is 0 Å². The lowest BCUT2D eigenvalue weighted by Crippen LogP contribution is -2.30. The van der Waals surface area contributed by atoms with Crippen LogP contribution < -0.4 is 11.1 Å². The Kier molecular flexibility index (Phi) is 4.13. The third-order valence-corrected chi connectivity index (χ3v) is 4.48. The van der Waals surface area contributed by atoms with Crippen molar-refractivity contribution in [2.24, 2.45) is 5.92 Å². The molecule has 1 heterocycles. The molecule has 3 heteroatoms. The van der Waals surface area contributed by atoms with Crippen molar-refractivity contribution in [1.82, 2.24) is 5.32 Å². The molecule has 0 aromatic heterocycles. The molecule has 0 saturated carbocycles. The van der Waals surface area contributed by atoms with E-state index in [2.05, 4.69) is 24.4 Å². The van der Waals surface area contributed by atoms with E-state index < -0.39 is 0 Å². The van der Waals surface area contributed by atoms with Crippen LogP contribution in [0.25, 0.3) is 0 Å². The van der Waals surface area contributed by atoms with Crippen molar-refractivity contribution in [3.8, 4) is 0 Å². The second-order valence-electron chi connectivity index (χ2n) is 4.55. The number of benzene rings is 1. The van der Waals surface area contributed by atoms with Gasteiger partial charge in [-0.25, -0.2) is 0 Å². The van der Waals surface area contributed by atoms with Crippen LogP contribution in [0.3, 0.4) is 0 Å². The summed E-state index contributed by atoms with van der Waals surface area (Å²) < 4.78 is 0. The average Bonchev–Trinajstić information content (AvgIpc) is 2.29. The Bertz CT molecular complexity index is 346. The Morgan fingerprint density at radius 1 is 1.50 bits per heavy atom. The predicted molar refractivity (Wildman–Crippen MR) is 71.9 cm³/mol. The minimum Gasteiger partial charge on any atom is -0.399 e. The molecule has 1 saturated heterocycles. The number of nitrogen functional groups attached to an aromatic ring is 1. The molecule has 1 aromatic carbocycles. The summed E-state index contributed by atoms with van der Waals surface area (Å²) in [4.78, 5) is 1.37. The standard InChI is InChI=1S/C13H20N2S/c1-10-7-12(14)4-5-13(10)16-9-11-3-2-6-15-8-11/h4-5,7,11,15H,2-3,6,8-9,14H2,1H3. The molecule has 1 aliphatic rings. The maximum Gasteiger partial charge on any atom is 0.0317 e. The van der Waals surface area contributed by atoms with E-state index >= 15 is 0 Å². The largest absolute Gasteiger partial charge is 0.399 e. The van der Waals surface area contributed by atoms with Crippen LogP contribution in [-0.2, 0) is 0 Å². The highest BCUT2D eigenvalue weighted by atomic mass is 32.2. The molecule has 1 unspecified atom stereocenters. The highest BCUT2D eigenvalue weighted by Gasteiger charge is 2.13. The number of piperidine rings is 1. The highest BCUT2D eigenvalue weighted by molar-refractivity contribution is 7.99. The van der Waals surface area contributed by atoms with Crippen LogP contribution in [0.15, 0.2) is 23.1 Å². The van der Waals surface area contributed by atoms with Gasteiger partial charge in [-0.05, 0) is 62.5 Å². The van der Waals surface area contributed by atoms with Gasteiger partial charge in [0.1, 0.15) is 0 Å². The van der Waals surface area contributed by atoms with Gasteiger partial charge in [0.05, 0.1) is 0 Å². The number of hydrogen-bond acceptors (Lipinski definition) is 3. The molecule has 1 atom stereocenters. The van der Waals surface area contributed by atoms with Crippen LogP contribution in [0.1, 0.15) is 18.4 Å². The number of thioether (sulfide) groups is 1. The van der Waals surface area contributed by atoms with Crippen LogP contribution in [0.2, 0.25) is 0 Å². The zero-order valence-electron chi connectivity index (χ0n) is 9.83. The van der Waals surface area contributed by atoms with Crippen molar-refractivity contribution >= 4 is 17.4 Å². The second kappa shape index (κ2) is 5.60. The van der Waals surface area contributed by atoms with E-state index in [1.807, 2.05) is 17.8 Å². The van der Waals surface area contributed by atoms with Crippen molar-refractivity contribution in [2.45, 2.75) is 24.7 Å². The van der Waals surface area contributed by atoms with Crippen molar-refractivity contribution in [3.05, 3.63) is 23.8 Å². The minimum absolute atomic E-state index is 0.829. The van der Waals surface area contributed by atoms with Crippen LogP contribution in [0.4, 0.5) is 5.69 Å². The topological polar surface area (TPSA) is 38.0 Å². The SMILES string of the molecule is Cc1cc(N)ccc1SCC1CCCNC1. The first-order valence-corrected chi connectivity index (χ1v) is 6.94. The predicted octanol–water partition coefficient (Wildman–Crippen LogP) is 2.67. The molecule has 16 heavy (non-hydrogen) atoms. The Morgan fingerprint density at radius 2 is 2.38 bits per heavy atom. The summed E-state index contributed by atoms with van der Waals surface area (Å²) in [7, 11) is 0. The van der Waals surface area contributed by atoms with Gasteiger partial charge in [-0.15, -0.1) is 11.8 Å². The molecule has 3 N–H and O–H groups in total. The van der Waals surface area contributed by atoms with Crippen LogP contribution in [0, 0.1) is 12.8 Å². The van der Waals surface area contributed by atoms with Gasteiger partial charge in [0, 0.05) is 16.3 Å². The number of rotatable bonds is 3. The van der Waals surface area contributed by atoms with Crippen molar-refractivity contribution in [2.75, 3.05) is 24.6 Å².